The van der Waals surface area contributed by atoms with Gasteiger partial charge in [-0.15, -0.1) is 0 Å². The van der Waals surface area contributed by atoms with E-state index in [1.54, 1.807) is 12.1 Å². The first-order chi connectivity index (χ1) is 9.87. The van der Waals surface area contributed by atoms with Gasteiger partial charge in [-0.2, -0.15) is 0 Å². The Morgan fingerprint density at radius 1 is 1.10 bits per heavy atom. The fourth-order valence-electron chi connectivity index (χ4n) is 2.56. The highest BCUT2D eigenvalue weighted by Crippen LogP contribution is 2.29. The number of hydrogen-bond donors (Lipinski definition) is 1. The van der Waals surface area contributed by atoms with Crippen LogP contribution in [0.5, 0.6) is 5.75 Å². The third kappa shape index (κ3) is 4.76. The minimum atomic E-state index is -2.38. The van der Waals surface area contributed by atoms with Gasteiger partial charge in [0, 0.05) is 26.2 Å². The highest BCUT2D eigenvalue weighted by Gasteiger charge is 2.30. The number of piperazine rings is 1. The van der Waals surface area contributed by atoms with Crippen LogP contribution in [-0.2, 0) is 0 Å². The SMILES string of the molecule is C[Si](C)(C)Oc1ccc([C@H](C(F)F)N2CCNCC2)cc1. The van der Waals surface area contributed by atoms with E-state index in [1.165, 1.54) is 0 Å². The number of nitrogens with one attached hydrogen (secondary N) is 1. The smallest absolute Gasteiger partial charge is 0.258 e. The van der Waals surface area contributed by atoms with E-state index < -0.39 is 20.8 Å². The minimum absolute atomic E-state index is 0.655. The van der Waals surface area contributed by atoms with E-state index in [0.717, 1.165) is 18.8 Å². The quantitative estimate of drug-likeness (QED) is 0.845. The number of nitrogens with zero attached hydrogens (tertiary/aromatic N) is 1. The lowest BCUT2D eigenvalue weighted by Crippen LogP contribution is -2.46. The van der Waals surface area contributed by atoms with E-state index in [2.05, 4.69) is 25.0 Å². The van der Waals surface area contributed by atoms with Crippen molar-refractivity contribution in [3.05, 3.63) is 29.8 Å². The van der Waals surface area contributed by atoms with Crippen LogP contribution < -0.4 is 9.74 Å². The van der Waals surface area contributed by atoms with Crippen LogP contribution in [0.3, 0.4) is 0 Å². The molecule has 3 nitrogen and oxygen atoms in total. The molecule has 0 unspecified atom stereocenters. The summed E-state index contributed by atoms with van der Waals surface area (Å²) < 4.78 is 32.8. The highest BCUT2D eigenvalue weighted by atomic mass is 28.4. The molecule has 0 radical (unpaired) electrons. The minimum Gasteiger partial charge on any atom is -0.544 e. The Kier molecular flexibility index (Phi) is 5.35. The van der Waals surface area contributed by atoms with Gasteiger partial charge in [0.1, 0.15) is 5.75 Å². The molecular weight excluding hydrogens is 290 g/mol. The lowest BCUT2D eigenvalue weighted by Gasteiger charge is -2.34. The number of rotatable bonds is 5. The van der Waals surface area contributed by atoms with Crippen LogP contribution >= 0.6 is 0 Å². The standard InChI is InChI=1S/C15H24F2N2OSi/c1-21(2,3)20-13-6-4-12(5-7-13)14(15(16)17)19-10-8-18-9-11-19/h4-7,14-15,18H,8-11H2,1-3H3/t14-/m1/s1. The normalized spacial score (nSPS) is 18.8. The van der Waals surface area contributed by atoms with Crippen LogP contribution in [0, 0.1) is 0 Å². The van der Waals surface area contributed by atoms with Crippen molar-refractivity contribution < 1.29 is 13.2 Å². The summed E-state index contributed by atoms with van der Waals surface area (Å²) >= 11 is 0. The molecule has 1 aromatic carbocycles. The van der Waals surface area contributed by atoms with E-state index in [0.29, 0.717) is 18.7 Å². The van der Waals surface area contributed by atoms with Gasteiger partial charge < -0.3 is 9.74 Å². The summed E-state index contributed by atoms with van der Waals surface area (Å²) in [5, 5.41) is 3.19. The lowest BCUT2D eigenvalue weighted by molar-refractivity contribution is 0.0181. The summed E-state index contributed by atoms with van der Waals surface area (Å²) in [6, 6.07) is 6.34. The summed E-state index contributed by atoms with van der Waals surface area (Å²) in [6.07, 6.45) is -2.38. The van der Waals surface area contributed by atoms with E-state index in [4.69, 9.17) is 4.43 Å². The van der Waals surface area contributed by atoms with Gasteiger partial charge in [0.2, 0.25) is 8.32 Å². The Morgan fingerprint density at radius 2 is 1.67 bits per heavy atom. The third-order valence-electron chi connectivity index (χ3n) is 3.43. The molecule has 6 heteroatoms. The fraction of sp³-hybridized carbons (Fsp3) is 0.600. The van der Waals surface area contributed by atoms with Gasteiger partial charge in [0.05, 0.1) is 6.04 Å². The molecule has 1 heterocycles. The Labute approximate surface area is 126 Å². The van der Waals surface area contributed by atoms with Gasteiger partial charge in [-0.05, 0) is 37.3 Å². The van der Waals surface area contributed by atoms with Crippen molar-refractivity contribution in [1.82, 2.24) is 10.2 Å². The molecule has 1 aliphatic rings. The number of hydrogen-bond acceptors (Lipinski definition) is 3. The van der Waals surface area contributed by atoms with Gasteiger partial charge in [0.15, 0.2) is 0 Å². The predicted molar refractivity (Wildman–Crippen MR) is 83.6 cm³/mol. The van der Waals surface area contributed by atoms with Crippen LogP contribution in [0.25, 0.3) is 0 Å². The maximum atomic E-state index is 13.5. The predicted octanol–water partition coefficient (Wildman–Crippen LogP) is 3.11. The number of halogens is 2. The van der Waals surface area contributed by atoms with Crippen LogP contribution in [0.2, 0.25) is 19.6 Å². The molecule has 0 bridgehead atoms. The largest absolute Gasteiger partial charge is 0.544 e. The first-order valence-electron chi connectivity index (χ1n) is 7.39. The number of alkyl halides is 2. The van der Waals surface area contributed by atoms with Crippen LogP contribution in [-0.4, -0.2) is 45.8 Å². The van der Waals surface area contributed by atoms with Crippen LogP contribution in [0.4, 0.5) is 8.78 Å². The molecular formula is C15H24F2N2OSi. The Morgan fingerprint density at radius 3 is 2.14 bits per heavy atom. The summed E-state index contributed by atoms with van der Waals surface area (Å²) in [6.45, 7) is 9.14. The molecule has 0 aliphatic carbocycles. The van der Waals surface area contributed by atoms with Crippen molar-refractivity contribution in [1.29, 1.82) is 0 Å². The molecule has 0 spiro atoms. The molecule has 0 aromatic heterocycles. The van der Waals surface area contributed by atoms with E-state index >= 15 is 0 Å². The van der Waals surface area contributed by atoms with Crippen molar-refractivity contribution in [2.45, 2.75) is 32.1 Å². The maximum absolute atomic E-state index is 13.5. The second kappa shape index (κ2) is 6.85. The van der Waals surface area contributed by atoms with Gasteiger partial charge in [-0.25, -0.2) is 8.78 Å². The van der Waals surface area contributed by atoms with E-state index in [9.17, 15) is 8.78 Å². The first-order valence-corrected chi connectivity index (χ1v) is 10.8. The third-order valence-corrected chi connectivity index (χ3v) is 4.28. The molecule has 1 saturated heterocycles. The molecule has 21 heavy (non-hydrogen) atoms. The number of benzene rings is 1. The van der Waals surface area contributed by atoms with E-state index in [-0.39, 0.29) is 0 Å². The zero-order chi connectivity index (χ0) is 15.5. The summed E-state index contributed by atoms with van der Waals surface area (Å²) in [4.78, 5) is 1.86. The maximum Gasteiger partial charge on any atom is 0.258 e. The van der Waals surface area contributed by atoms with Crippen molar-refractivity contribution in [2.24, 2.45) is 0 Å². The average Bonchev–Trinajstić information content (AvgIpc) is 2.40. The van der Waals surface area contributed by atoms with Crippen LogP contribution in [0.1, 0.15) is 11.6 Å². The molecule has 1 N–H and O–H groups in total. The molecule has 1 atom stereocenters. The van der Waals surface area contributed by atoms with E-state index in [1.807, 2.05) is 17.0 Å². The van der Waals surface area contributed by atoms with Gasteiger partial charge in [-0.3, -0.25) is 4.90 Å². The zero-order valence-electron chi connectivity index (χ0n) is 12.9. The van der Waals surface area contributed by atoms with Crippen molar-refractivity contribution in [2.75, 3.05) is 26.2 Å². The summed E-state index contributed by atoms with van der Waals surface area (Å²) in [5.74, 6) is 0.770. The van der Waals surface area contributed by atoms with Gasteiger partial charge in [0.25, 0.3) is 6.43 Å². The van der Waals surface area contributed by atoms with Crippen LogP contribution in [0.15, 0.2) is 24.3 Å². The second-order valence-corrected chi connectivity index (χ2v) is 10.8. The van der Waals surface area contributed by atoms with Gasteiger partial charge in [-0.1, -0.05) is 12.1 Å². The topological polar surface area (TPSA) is 24.5 Å². The monoisotopic (exact) mass is 314 g/mol. The molecule has 1 fully saturated rings. The molecule has 1 aliphatic heterocycles. The molecule has 1 aromatic rings. The first kappa shape index (κ1) is 16.4. The molecule has 2 rings (SSSR count). The second-order valence-electron chi connectivity index (χ2n) is 6.35. The molecule has 0 saturated carbocycles. The fourth-order valence-corrected chi connectivity index (χ4v) is 3.41. The van der Waals surface area contributed by atoms with Gasteiger partial charge >= 0.3 is 0 Å². The zero-order valence-corrected chi connectivity index (χ0v) is 13.9. The Bertz CT molecular complexity index is 442. The van der Waals surface area contributed by atoms with Crippen molar-refractivity contribution >= 4 is 8.32 Å². The summed E-state index contributed by atoms with van der Waals surface area (Å²) in [7, 11) is -1.66. The van der Waals surface area contributed by atoms with Crippen molar-refractivity contribution in [3.8, 4) is 5.75 Å². The lowest BCUT2D eigenvalue weighted by atomic mass is 10.0. The Balaban J connectivity index is 2.13. The average molecular weight is 314 g/mol. The molecule has 118 valence electrons. The Hall–Kier alpha value is -0.983. The highest BCUT2D eigenvalue weighted by molar-refractivity contribution is 6.70. The summed E-state index contributed by atoms with van der Waals surface area (Å²) in [5.41, 5.74) is 0.662. The molecule has 0 amide bonds. The van der Waals surface area contributed by atoms with Crippen molar-refractivity contribution in [3.63, 3.8) is 0 Å².